The topological polar surface area (TPSA) is 136 Å². The monoisotopic (exact) mass is 389 g/mol. The summed E-state index contributed by atoms with van der Waals surface area (Å²) in [5.74, 6) is 5.81. The molecule has 152 valence electrons. The standard InChI is InChI=1S/C16H13FN4O.3CH5N/c17-13-4-1-3-12(9-13)5-6-14-10-20-15(11-19-14)21-8-2-7-18-16(21)22;3*1-2/h1,3-4,9-11H,2,7-8H2,(H,18,22);3*2H2,1H3. The summed E-state index contributed by atoms with van der Waals surface area (Å²) in [5.41, 5.74) is 14.5. The summed E-state index contributed by atoms with van der Waals surface area (Å²) < 4.78 is 13.0. The Labute approximate surface area is 165 Å². The fourth-order valence-corrected chi connectivity index (χ4v) is 2.08. The first kappa shape index (κ1) is 24.9. The number of urea groups is 1. The summed E-state index contributed by atoms with van der Waals surface area (Å²) in [6.07, 6.45) is 3.89. The van der Waals surface area contributed by atoms with Crippen LogP contribution in [0.2, 0.25) is 0 Å². The molecule has 28 heavy (non-hydrogen) atoms. The van der Waals surface area contributed by atoms with E-state index in [-0.39, 0.29) is 11.8 Å². The Morgan fingerprint density at radius 1 is 1.07 bits per heavy atom. The maximum atomic E-state index is 13.0. The molecule has 0 unspecified atom stereocenters. The van der Waals surface area contributed by atoms with Crippen molar-refractivity contribution in [1.82, 2.24) is 15.3 Å². The molecule has 1 aliphatic heterocycles. The fourth-order valence-electron chi connectivity index (χ4n) is 2.08. The van der Waals surface area contributed by atoms with E-state index >= 15 is 0 Å². The van der Waals surface area contributed by atoms with Crippen LogP contribution in [-0.2, 0) is 0 Å². The minimum atomic E-state index is -0.329. The number of hydrogen-bond acceptors (Lipinski definition) is 6. The molecule has 0 bridgehead atoms. The third kappa shape index (κ3) is 8.09. The van der Waals surface area contributed by atoms with Crippen molar-refractivity contribution in [2.24, 2.45) is 17.2 Å². The van der Waals surface area contributed by atoms with Crippen molar-refractivity contribution in [3.8, 4) is 11.8 Å². The highest BCUT2D eigenvalue weighted by Crippen LogP contribution is 2.12. The van der Waals surface area contributed by atoms with Gasteiger partial charge in [0.1, 0.15) is 11.5 Å². The van der Waals surface area contributed by atoms with E-state index in [4.69, 9.17) is 0 Å². The molecule has 1 fully saturated rings. The predicted octanol–water partition coefficient (Wildman–Crippen LogP) is 0.660. The maximum Gasteiger partial charge on any atom is 0.323 e. The van der Waals surface area contributed by atoms with Gasteiger partial charge in [0, 0.05) is 18.7 Å². The van der Waals surface area contributed by atoms with Gasteiger partial charge in [-0.3, -0.25) is 4.90 Å². The molecule has 0 radical (unpaired) electrons. The first-order valence-electron chi connectivity index (χ1n) is 8.60. The van der Waals surface area contributed by atoms with Crippen LogP contribution in [0, 0.1) is 17.7 Å². The summed E-state index contributed by atoms with van der Waals surface area (Å²) >= 11 is 0. The van der Waals surface area contributed by atoms with E-state index in [0.29, 0.717) is 30.2 Å². The number of nitrogens with zero attached hydrogens (tertiary/aromatic N) is 3. The molecule has 0 aliphatic carbocycles. The molecule has 2 heterocycles. The van der Waals surface area contributed by atoms with E-state index in [1.807, 2.05) is 0 Å². The molecule has 7 N–H and O–H groups in total. The van der Waals surface area contributed by atoms with E-state index < -0.39 is 0 Å². The third-order valence-corrected chi connectivity index (χ3v) is 3.15. The van der Waals surface area contributed by atoms with E-state index in [1.54, 1.807) is 17.0 Å². The molecule has 1 aromatic carbocycles. The molecule has 1 aliphatic rings. The van der Waals surface area contributed by atoms with Gasteiger partial charge in [0.25, 0.3) is 0 Å². The fraction of sp³-hybridized carbons (Fsp3) is 0.316. The van der Waals surface area contributed by atoms with Gasteiger partial charge in [-0.1, -0.05) is 12.0 Å². The molecule has 3 rings (SSSR count). The minimum absolute atomic E-state index is 0.167. The number of rotatable bonds is 1. The number of benzene rings is 1. The van der Waals surface area contributed by atoms with Crippen molar-refractivity contribution in [2.75, 3.05) is 39.1 Å². The highest BCUT2D eigenvalue weighted by Gasteiger charge is 2.20. The van der Waals surface area contributed by atoms with Crippen molar-refractivity contribution >= 4 is 11.8 Å². The largest absolute Gasteiger partial charge is 0.338 e. The molecule has 2 amide bonds. The van der Waals surface area contributed by atoms with Crippen LogP contribution in [0.5, 0.6) is 0 Å². The van der Waals surface area contributed by atoms with Gasteiger partial charge in [0.05, 0.1) is 12.4 Å². The minimum Gasteiger partial charge on any atom is -0.338 e. The molecule has 0 saturated carbocycles. The van der Waals surface area contributed by atoms with Gasteiger partial charge in [-0.05, 0) is 51.7 Å². The van der Waals surface area contributed by atoms with Crippen molar-refractivity contribution in [3.05, 3.63) is 53.7 Å². The van der Waals surface area contributed by atoms with Crippen molar-refractivity contribution in [1.29, 1.82) is 0 Å². The van der Waals surface area contributed by atoms with Gasteiger partial charge in [-0.2, -0.15) is 0 Å². The predicted molar refractivity (Wildman–Crippen MR) is 110 cm³/mol. The Balaban J connectivity index is 0.00000111. The molecule has 8 nitrogen and oxygen atoms in total. The van der Waals surface area contributed by atoms with Crippen molar-refractivity contribution < 1.29 is 9.18 Å². The zero-order valence-corrected chi connectivity index (χ0v) is 16.4. The van der Waals surface area contributed by atoms with Crippen LogP contribution >= 0.6 is 0 Å². The summed E-state index contributed by atoms with van der Waals surface area (Å²) in [7, 11) is 4.50. The summed E-state index contributed by atoms with van der Waals surface area (Å²) in [5, 5.41) is 2.75. The van der Waals surface area contributed by atoms with Crippen LogP contribution in [0.3, 0.4) is 0 Å². The normalized spacial score (nSPS) is 11.7. The zero-order valence-electron chi connectivity index (χ0n) is 16.4. The van der Waals surface area contributed by atoms with Gasteiger partial charge in [0.2, 0.25) is 0 Å². The Bertz CT molecular complexity index is 757. The second kappa shape index (κ2) is 15.0. The van der Waals surface area contributed by atoms with E-state index in [0.717, 1.165) is 6.42 Å². The van der Waals surface area contributed by atoms with Gasteiger partial charge < -0.3 is 22.5 Å². The molecule has 1 aromatic heterocycles. The number of nitrogens with one attached hydrogen (secondary N) is 1. The summed E-state index contributed by atoms with van der Waals surface area (Å²) in [6.45, 7) is 1.30. The van der Waals surface area contributed by atoms with Crippen molar-refractivity contribution in [2.45, 2.75) is 6.42 Å². The number of halogens is 1. The van der Waals surface area contributed by atoms with Gasteiger partial charge in [0.15, 0.2) is 5.82 Å². The molecule has 1 saturated heterocycles. The Hall–Kier alpha value is -3.06. The smallest absolute Gasteiger partial charge is 0.323 e. The quantitative estimate of drug-likeness (QED) is 0.529. The second-order valence-electron chi connectivity index (χ2n) is 4.76. The number of nitrogens with two attached hydrogens (primary N) is 3. The van der Waals surface area contributed by atoms with Crippen LogP contribution in [-0.4, -0.2) is 50.2 Å². The Kier molecular flexibility index (Phi) is 13.4. The first-order valence-corrected chi connectivity index (χ1v) is 8.60. The lowest BCUT2D eigenvalue weighted by molar-refractivity contribution is 0.242. The molecular formula is C19H28FN7O. The maximum absolute atomic E-state index is 13.0. The Morgan fingerprint density at radius 2 is 1.79 bits per heavy atom. The lowest BCUT2D eigenvalue weighted by atomic mass is 10.2. The lowest BCUT2D eigenvalue weighted by Crippen LogP contribution is -2.46. The number of carbonyl (C=O) groups excluding carboxylic acids is 1. The van der Waals surface area contributed by atoms with Gasteiger partial charge >= 0.3 is 6.03 Å². The summed E-state index contributed by atoms with van der Waals surface area (Å²) in [4.78, 5) is 21.6. The molecule has 2 aromatic rings. The number of amides is 2. The molecule has 9 heteroatoms. The molecule has 0 atom stereocenters. The zero-order chi connectivity index (χ0) is 21.4. The lowest BCUT2D eigenvalue weighted by Gasteiger charge is -2.25. The van der Waals surface area contributed by atoms with Crippen LogP contribution < -0.4 is 27.4 Å². The van der Waals surface area contributed by atoms with Crippen LogP contribution in [0.1, 0.15) is 17.7 Å². The van der Waals surface area contributed by atoms with Crippen molar-refractivity contribution in [3.63, 3.8) is 0 Å². The highest BCUT2D eigenvalue weighted by atomic mass is 19.1. The average molecular weight is 389 g/mol. The van der Waals surface area contributed by atoms with Gasteiger partial charge in [-0.25, -0.2) is 19.2 Å². The third-order valence-electron chi connectivity index (χ3n) is 3.15. The highest BCUT2D eigenvalue weighted by molar-refractivity contribution is 5.91. The number of anilines is 1. The number of hydrogen-bond donors (Lipinski definition) is 4. The average Bonchev–Trinajstić information content (AvgIpc) is 2.77. The van der Waals surface area contributed by atoms with Crippen LogP contribution in [0.25, 0.3) is 0 Å². The SMILES string of the molecule is CN.CN.CN.O=C1NCCCN1c1cnc(C#Cc2cccc(F)c2)cn1. The first-order chi connectivity index (χ1) is 13.7. The number of carbonyl (C=O) groups is 1. The Morgan fingerprint density at radius 3 is 2.36 bits per heavy atom. The summed E-state index contributed by atoms with van der Waals surface area (Å²) in [6, 6.07) is 5.87. The number of aromatic nitrogens is 2. The van der Waals surface area contributed by atoms with Gasteiger partial charge in [-0.15, -0.1) is 0 Å². The molecule has 0 spiro atoms. The second-order valence-corrected chi connectivity index (χ2v) is 4.76. The van der Waals surface area contributed by atoms with E-state index in [1.165, 1.54) is 45.7 Å². The van der Waals surface area contributed by atoms with Crippen LogP contribution in [0.15, 0.2) is 36.7 Å². The van der Waals surface area contributed by atoms with Crippen LogP contribution in [0.4, 0.5) is 15.0 Å². The van der Waals surface area contributed by atoms with E-state index in [2.05, 4.69) is 44.3 Å². The van der Waals surface area contributed by atoms with E-state index in [9.17, 15) is 9.18 Å². The molecular weight excluding hydrogens is 361 g/mol.